The third kappa shape index (κ3) is 14.0. The molecule has 4 heterocycles. The van der Waals surface area contributed by atoms with Crippen LogP contribution in [0.4, 0.5) is 0 Å². The van der Waals surface area contributed by atoms with Crippen LogP contribution >= 0.6 is 22.7 Å². The molecule has 3 aliphatic rings. The first-order valence-electron chi connectivity index (χ1n) is 33.5. The van der Waals surface area contributed by atoms with Crippen LogP contribution in [0.3, 0.4) is 0 Å². The van der Waals surface area contributed by atoms with Crippen LogP contribution in [0.2, 0.25) is 0 Å². The lowest BCUT2D eigenvalue weighted by Gasteiger charge is -2.36. The second-order valence-corrected chi connectivity index (χ2v) is 28.8. The zero-order chi connectivity index (χ0) is 60.8. The van der Waals surface area contributed by atoms with Crippen LogP contribution in [0.15, 0.2) is 72.8 Å². The van der Waals surface area contributed by atoms with E-state index >= 15 is 19.2 Å². The van der Waals surface area contributed by atoms with Crippen molar-refractivity contribution in [1.29, 1.82) is 0 Å². The molecule has 2 N–H and O–H groups in total. The van der Waals surface area contributed by atoms with E-state index in [2.05, 4.69) is 132 Å². The van der Waals surface area contributed by atoms with Crippen molar-refractivity contribution >= 4 is 57.1 Å². The minimum Gasteiger partial charge on any atom is -0.870 e. The summed E-state index contributed by atoms with van der Waals surface area (Å²) in [4.78, 5) is 68.7. The Kier molecular flexibility index (Phi) is 23.8. The van der Waals surface area contributed by atoms with Gasteiger partial charge in [0.05, 0.1) is 64.5 Å². The Hall–Kier alpha value is -5.34. The Balaban J connectivity index is 0.00000541. The van der Waals surface area contributed by atoms with Gasteiger partial charge in [0.25, 0.3) is 23.6 Å². The topological polar surface area (TPSA) is 135 Å². The van der Waals surface area contributed by atoms with Gasteiger partial charge in [-0.05, 0) is 175 Å². The first-order chi connectivity index (χ1) is 41.0. The molecule has 87 heavy (non-hydrogen) atoms. The van der Waals surface area contributed by atoms with Crippen LogP contribution in [0.25, 0.3) is 53.2 Å². The highest BCUT2D eigenvalue weighted by molar-refractivity contribution is 7.19. The second kappa shape index (κ2) is 30.0. The number of unbranched alkanes of at least 4 members (excludes halogenated alkanes) is 8. The smallest absolute Gasteiger partial charge is 0.262 e. The van der Waals surface area contributed by atoms with E-state index in [1.165, 1.54) is 128 Å². The Morgan fingerprint density at radius 1 is 0.448 bits per heavy atom. The molecule has 0 saturated heterocycles. The summed E-state index contributed by atoms with van der Waals surface area (Å²) in [5.41, 5.74) is 11.0. The van der Waals surface area contributed by atoms with Crippen molar-refractivity contribution in [3.05, 3.63) is 117 Å². The van der Waals surface area contributed by atoms with Crippen molar-refractivity contribution in [2.45, 2.75) is 190 Å². The van der Waals surface area contributed by atoms with Gasteiger partial charge in [0.2, 0.25) is 0 Å². The van der Waals surface area contributed by atoms with E-state index in [1.54, 1.807) is 22.7 Å². The maximum atomic E-state index is 15.7. The van der Waals surface area contributed by atoms with Gasteiger partial charge >= 0.3 is 0 Å². The molecule has 4 aromatic carbocycles. The van der Waals surface area contributed by atoms with Crippen LogP contribution < -0.4 is 0 Å². The highest BCUT2D eigenvalue weighted by Gasteiger charge is 2.46. The average molecular weight is 1220 g/mol. The Bertz CT molecular complexity index is 3350. The molecule has 2 unspecified atom stereocenters. The molecule has 2 atom stereocenters. The number of hydrogen-bond acceptors (Lipinski definition) is 8. The number of hydrogen-bond donors (Lipinski definition) is 0. The summed E-state index contributed by atoms with van der Waals surface area (Å²) in [6.45, 7) is 30.1. The number of benzene rings is 4. The lowest BCUT2D eigenvalue weighted by Crippen LogP contribution is -2.46. The van der Waals surface area contributed by atoms with E-state index in [9.17, 15) is 0 Å². The SMILES string of the molecule is CCCCC(CC)CN1C(=O)c2cc(-c3ccc(-c4ccc5c(c4)C(CCCCCC[N+](C)(CC)CC)(CCCCCC[N+](C)(CC)CC)c4cc(C)ccc4-5)s3)c3c4c(cc(-c5ccc(C)s5)c(c24)C1=O)C(=O)N(CC(CC)CCCC)C3=O.[OH-].[OH-]. The maximum absolute atomic E-state index is 15.7. The first kappa shape index (κ1) is 69.1. The van der Waals surface area contributed by atoms with E-state index in [0.29, 0.717) is 57.2 Å². The van der Waals surface area contributed by atoms with E-state index in [1.807, 2.05) is 24.3 Å². The van der Waals surface area contributed by atoms with E-state index < -0.39 is 0 Å². The van der Waals surface area contributed by atoms with Crippen molar-refractivity contribution in [2.24, 2.45) is 11.8 Å². The molecule has 2 aliphatic heterocycles. The number of thiophene rings is 2. The highest BCUT2D eigenvalue weighted by Crippen LogP contribution is 2.56. The third-order valence-electron chi connectivity index (χ3n) is 21.1. The standard InChI is InChI=1S/C75H102N4O4S2.2H2O/c1-13-21-31-53(15-3)49-76-72(81)61-48-59(70-68-60(71(80)77(74(70)83)50-54(16-4)32-22-14-2)47-58(65-38-34-52(10)84-65)69(67(61)68)73(76)82)66-40-39-64(85-66)55-35-37-57-56-36-33-51(9)45-62(56)75(63(57)46-55,41-27-23-25-29-43-78(11,17-5)18-6)42-28-24-26-30-44-79(12,19-7)20-8;;/h33-40,45-48,53-54H,13-32,41-44,49-50H2,1-12H3;2*1H2/q+2;;/p-2. The molecule has 10 nitrogen and oxygen atoms in total. The van der Waals surface area contributed by atoms with Crippen molar-refractivity contribution in [2.75, 3.05) is 66.5 Å². The van der Waals surface area contributed by atoms with Gasteiger partial charge in [-0.15, -0.1) is 22.7 Å². The molecular formula is C75H104N4O6S2. The van der Waals surface area contributed by atoms with Gasteiger partial charge in [0, 0.05) is 71.0 Å². The summed E-state index contributed by atoms with van der Waals surface area (Å²) in [5.74, 6) is -1.09. The van der Waals surface area contributed by atoms with E-state index in [-0.39, 0.29) is 51.8 Å². The predicted octanol–water partition coefficient (Wildman–Crippen LogP) is 19.0. The first-order valence-corrected chi connectivity index (χ1v) is 35.1. The number of carbonyl (C=O) groups is 4. The van der Waals surface area contributed by atoms with Crippen LogP contribution in [0.5, 0.6) is 0 Å². The number of carbonyl (C=O) groups excluding carboxylic acids is 4. The van der Waals surface area contributed by atoms with E-state index in [4.69, 9.17) is 0 Å². The van der Waals surface area contributed by atoms with Crippen molar-refractivity contribution in [1.82, 2.24) is 9.80 Å². The Morgan fingerprint density at radius 3 is 1.33 bits per heavy atom. The fourth-order valence-corrected chi connectivity index (χ4v) is 16.4. The molecule has 0 bridgehead atoms. The molecule has 6 aromatic rings. The van der Waals surface area contributed by atoms with Crippen LogP contribution in [-0.2, 0) is 5.41 Å². The average Bonchev–Trinajstić information content (AvgIpc) is 1.22. The maximum Gasteiger partial charge on any atom is 0.262 e. The molecule has 1 aliphatic carbocycles. The number of rotatable bonds is 33. The Labute approximate surface area is 530 Å². The van der Waals surface area contributed by atoms with Gasteiger partial charge < -0.3 is 19.9 Å². The van der Waals surface area contributed by atoms with Gasteiger partial charge in [-0.2, -0.15) is 0 Å². The van der Waals surface area contributed by atoms with Gasteiger partial charge in [-0.25, -0.2) is 0 Å². The quantitative estimate of drug-likeness (QED) is 0.0229. The monoisotopic (exact) mass is 1220 g/mol. The van der Waals surface area contributed by atoms with Crippen molar-refractivity contribution < 1.29 is 39.1 Å². The third-order valence-corrected chi connectivity index (χ3v) is 23.3. The van der Waals surface area contributed by atoms with Crippen molar-refractivity contribution in [3.63, 3.8) is 0 Å². The van der Waals surface area contributed by atoms with Gasteiger partial charge in [-0.1, -0.05) is 128 Å². The number of quaternary nitrogens is 2. The fraction of sp³-hybridized carbons (Fsp3) is 0.547. The number of imide groups is 2. The number of nitrogens with zero attached hydrogens (tertiary/aromatic N) is 4. The molecule has 4 amide bonds. The molecule has 12 heteroatoms. The van der Waals surface area contributed by atoms with Gasteiger partial charge in [-0.3, -0.25) is 29.0 Å². The largest absolute Gasteiger partial charge is 0.870 e. The molecule has 0 radical (unpaired) electrons. The van der Waals surface area contributed by atoms with Crippen LogP contribution in [-0.4, -0.2) is 120 Å². The fourth-order valence-electron chi connectivity index (χ4n) is 14.5. The number of aryl methyl sites for hydroxylation is 2. The minimum atomic E-state index is -0.348. The molecule has 0 spiro atoms. The summed E-state index contributed by atoms with van der Waals surface area (Å²) in [7, 11) is 4.82. The van der Waals surface area contributed by atoms with Crippen LogP contribution in [0.1, 0.15) is 234 Å². The normalized spacial score (nSPS) is 15.0. The summed E-state index contributed by atoms with van der Waals surface area (Å²) < 4.78 is 2.27. The lowest BCUT2D eigenvalue weighted by molar-refractivity contribution is -0.906. The summed E-state index contributed by atoms with van der Waals surface area (Å²) in [5, 5.41) is 0.898. The number of fused-ring (bicyclic) bond motifs is 3. The number of amides is 4. The molecule has 0 fully saturated rings. The molecule has 9 rings (SSSR count). The summed E-state index contributed by atoms with van der Waals surface area (Å²) in [6.07, 6.45) is 19.7. The van der Waals surface area contributed by atoms with E-state index in [0.717, 1.165) is 98.2 Å². The minimum absolute atomic E-state index is 0. The highest BCUT2D eigenvalue weighted by atomic mass is 32.1. The zero-order valence-corrected chi connectivity index (χ0v) is 56.7. The second-order valence-electron chi connectivity index (χ2n) is 26.5. The molecular weight excluding hydrogens is 1120 g/mol. The lowest BCUT2D eigenvalue weighted by atomic mass is 9.70. The molecule has 2 aromatic heterocycles. The molecule has 472 valence electrons. The summed E-state index contributed by atoms with van der Waals surface area (Å²) in [6, 6.07) is 26.6. The predicted molar refractivity (Wildman–Crippen MR) is 363 cm³/mol. The zero-order valence-electron chi connectivity index (χ0n) is 55.1. The summed E-state index contributed by atoms with van der Waals surface area (Å²) >= 11 is 3.24. The molecule has 0 saturated carbocycles. The van der Waals surface area contributed by atoms with Crippen LogP contribution in [0, 0.1) is 25.7 Å². The van der Waals surface area contributed by atoms with Gasteiger partial charge in [0.15, 0.2) is 0 Å². The Morgan fingerprint density at radius 2 is 0.885 bits per heavy atom. The van der Waals surface area contributed by atoms with Crippen molar-refractivity contribution in [3.8, 4) is 42.4 Å². The van der Waals surface area contributed by atoms with Gasteiger partial charge in [0.1, 0.15) is 0 Å².